The SMILES string of the molecule is Cc1c(NC(=O)OC(C)(C)C)ccc2nc(NC(C)(C)C(=O)N(C)CCc3ccccc3)oc(=O)c12. The number of ether oxygens (including phenoxy) is 1. The molecule has 2 N–H and O–H groups in total. The molecule has 0 bridgehead atoms. The fourth-order valence-corrected chi connectivity index (χ4v) is 3.76. The quantitative estimate of drug-likeness (QED) is 0.488. The molecule has 192 valence electrons. The Bertz CT molecular complexity index is 1310. The van der Waals surface area contributed by atoms with Crippen LogP contribution >= 0.6 is 0 Å². The van der Waals surface area contributed by atoms with E-state index in [1.807, 2.05) is 30.3 Å². The predicted octanol–water partition coefficient (Wildman–Crippen LogP) is 4.74. The summed E-state index contributed by atoms with van der Waals surface area (Å²) in [6, 6.07) is 13.1. The second-order valence-electron chi connectivity index (χ2n) is 10.3. The third kappa shape index (κ3) is 6.62. The van der Waals surface area contributed by atoms with Gasteiger partial charge >= 0.3 is 11.7 Å². The molecule has 0 saturated carbocycles. The van der Waals surface area contributed by atoms with Crippen molar-refractivity contribution >= 4 is 34.6 Å². The molecule has 0 radical (unpaired) electrons. The topological polar surface area (TPSA) is 114 Å². The van der Waals surface area contributed by atoms with Crippen LogP contribution in [0, 0.1) is 6.92 Å². The maximum absolute atomic E-state index is 13.1. The molecule has 3 aromatic rings. The summed E-state index contributed by atoms with van der Waals surface area (Å²) >= 11 is 0. The minimum Gasteiger partial charge on any atom is -0.444 e. The van der Waals surface area contributed by atoms with Gasteiger partial charge in [0.1, 0.15) is 11.1 Å². The first-order valence-electron chi connectivity index (χ1n) is 11.8. The average molecular weight is 495 g/mol. The minimum atomic E-state index is -1.07. The molecule has 0 saturated heterocycles. The van der Waals surface area contributed by atoms with E-state index >= 15 is 0 Å². The van der Waals surface area contributed by atoms with Crippen LogP contribution in [0.25, 0.3) is 10.9 Å². The van der Waals surface area contributed by atoms with E-state index in [1.54, 1.807) is 65.6 Å². The van der Waals surface area contributed by atoms with Gasteiger partial charge in [-0.05, 0) is 71.2 Å². The lowest BCUT2D eigenvalue weighted by atomic mass is 10.0. The molecule has 2 amide bonds. The fraction of sp³-hybridized carbons (Fsp3) is 0.407. The summed E-state index contributed by atoms with van der Waals surface area (Å²) in [5.74, 6) is -0.170. The van der Waals surface area contributed by atoms with Crippen LogP contribution < -0.4 is 16.3 Å². The largest absolute Gasteiger partial charge is 0.444 e. The van der Waals surface area contributed by atoms with Crippen LogP contribution in [0.1, 0.15) is 45.7 Å². The average Bonchev–Trinajstić information content (AvgIpc) is 2.77. The lowest BCUT2D eigenvalue weighted by molar-refractivity contribution is -0.133. The summed E-state index contributed by atoms with van der Waals surface area (Å²) in [6.45, 7) is 10.9. The summed E-state index contributed by atoms with van der Waals surface area (Å²) in [5.41, 5.74) is 0.0750. The van der Waals surface area contributed by atoms with Gasteiger partial charge in [0.05, 0.1) is 10.9 Å². The van der Waals surface area contributed by atoms with Gasteiger partial charge in [-0.15, -0.1) is 0 Å². The Labute approximate surface area is 210 Å². The van der Waals surface area contributed by atoms with Crippen molar-refractivity contribution in [2.75, 3.05) is 24.2 Å². The Morgan fingerprint density at radius 2 is 1.72 bits per heavy atom. The van der Waals surface area contributed by atoms with Crippen molar-refractivity contribution in [2.45, 2.75) is 59.1 Å². The fourth-order valence-electron chi connectivity index (χ4n) is 3.76. The number of nitrogens with zero attached hydrogens (tertiary/aromatic N) is 2. The summed E-state index contributed by atoms with van der Waals surface area (Å²) in [7, 11) is 1.74. The number of likely N-dealkylation sites (N-methyl/N-ethyl adjacent to an activating group) is 1. The number of amides is 2. The molecule has 0 atom stereocenters. The molecular weight excluding hydrogens is 460 g/mol. The monoisotopic (exact) mass is 494 g/mol. The van der Waals surface area contributed by atoms with Gasteiger partial charge in [0.2, 0.25) is 5.91 Å². The summed E-state index contributed by atoms with van der Waals surface area (Å²) < 4.78 is 10.7. The minimum absolute atomic E-state index is 0.0606. The maximum Gasteiger partial charge on any atom is 0.412 e. The smallest absolute Gasteiger partial charge is 0.412 e. The molecule has 1 aromatic heterocycles. The maximum atomic E-state index is 13.1. The van der Waals surface area contributed by atoms with Crippen molar-refractivity contribution in [3.05, 3.63) is 64.0 Å². The van der Waals surface area contributed by atoms with E-state index < -0.39 is 22.9 Å². The van der Waals surface area contributed by atoms with E-state index in [9.17, 15) is 14.4 Å². The molecule has 2 aromatic carbocycles. The Balaban J connectivity index is 1.76. The highest BCUT2D eigenvalue weighted by molar-refractivity contribution is 5.93. The number of fused-ring (bicyclic) bond motifs is 1. The zero-order valence-electron chi connectivity index (χ0n) is 21.9. The number of rotatable bonds is 7. The van der Waals surface area contributed by atoms with Crippen molar-refractivity contribution in [1.82, 2.24) is 9.88 Å². The highest BCUT2D eigenvalue weighted by Crippen LogP contribution is 2.25. The van der Waals surface area contributed by atoms with Crippen LogP contribution in [0.2, 0.25) is 0 Å². The standard InChI is InChI=1S/C27H34N4O5/c1-17-19(29-25(34)36-26(2,3)4)13-14-20-21(17)22(32)35-24(28-20)30-27(5,6)23(33)31(7)16-15-18-11-9-8-10-12-18/h8-14H,15-16H2,1-7H3,(H,28,30)(H,29,34). The van der Waals surface area contributed by atoms with E-state index in [-0.39, 0.29) is 17.3 Å². The van der Waals surface area contributed by atoms with E-state index in [1.165, 1.54) is 0 Å². The van der Waals surface area contributed by atoms with Gasteiger partial charge in [-0.1, -0.05) is 30.3 Å². The number of aromatic nitrogens is 1. The molecule has 9 heteroatoms. The number of aryl methyl sites for hydroxylation is 1. The first kappa shape index (κ1) is 26.7. The van der Waals surface area contributed by atoms with Crippen LogP contribution in [0.3, 0.4) is 0 Å². The summed E-state index contributed by atoms with van der Waals surface area (Å²) in [6.07, 6.45) is 0.0961. The Kier molecular flexibility index (Phi) is 7.71. The van der Waals surface area contributed by atoms with Gasteiger partial charge in [-0.25, -0.2) is 9.59 Å². The van der Waals surface area contributed by atoms with Gasteiger partial charge in [-0.2, -0.15) is 4.98 Å². The first-order chi connectivity index (χ1) is 16.8. The molecule has 1 heterocycles. The number of hydrogen-bond donors (Lipinski definition) is 2. The Morgan fingerprint density at radius 1 is 1.06 bits per heavy atom. The summed E-state index contributed by atoms with van der Waals surface area (Å²) in [4.78, 5) is 44.2. The Morgan fingerprint density at radius 3 is 2.36 bits per heavy atom. The van der Waals surface area contributed by atoms with Gasteiger partial charge < -0.3 is 19.4 Å². The van der Waals surface area contributed by atoms with Crippen LogP contribution in [-0.4, -0.2) is 46.6 Å². The second kappa shape index (κ2) is 10.4. The van der Waals surface area contributed by atoms with Gasteiger partial charge in [0.25, 0.3) is 6.01 Å². The Hall–Kier alpha value is -3.88. The van der Waals surface area contributed by atoms with Crippen LogP contribution in [0.5, 0.6) is 0 Å². The number of nitrogens with one attached hydrogen (secondary N) is 2. The van der Waals surface area contributed by atoms with Crippen LogP contribution in [0.15, 0.2) is 51.7 Å². The molecule has 0 aliphatic rings. The molecular formula is C27H34N4O5. The number of carbonyl (C=O) groups excluding carboxylic acids is 2. The molecule has 0 aliphatic heterocycles. The van der Waals surface area contributed by atoms with E-state index in [2.05, 4.69) is 15.6 Å². The van der Waals surface area contributed by atoms with Crippen molar-refractivity contribution in [1.29, 1.82) is 0 Å². The molecule has 36 heavy (non-hydrogen) atoms. The third-order valence-electron chi connectivity index (χ3n) is 5.57. The van der Waals surface area contributed by atoms with E-state index in [0.717, 1.165) is 12.0 Å². The molecule has 9 nitrogen and oxygen atoms in total. The van der Waals surface area contributed by atoms with E-state index in [4.69, 9.17) is 9.15 Å². The second-order valence-corrected chi connectivity index (χ2v) is 10.3. The predicted molar refractivity (Wildman–Crippen MR) is 140 cm³/mol. The van der Waals surface area contributed by atoms with Crippen molar-refractivity contribution in [2.24, 2.45) is 0 Å². The lowest BCUT2D eigenvalue weighted by Gasteiger charge is -2.30. The molecule has 0 spiro atoms. The summed E-state index contributed by atoms with van der Waals surface area (Å²) in [5, 5.41) is 5.85. The normalized spacial score (nSPS) is 11.8. The van der Waals surface area contributed by atoms with Crippen molar-refractivity contribution in [3.63, 3.8) is 0 Å². The van der Waals surface area contributed by atoms with Crippen molar-refractivity contribution in [3.8, 4) is 0 Å². The zero-order chi connectivity index (χ0) is 26.7. The zero-order valence-corrected chi connectivity index (χ0v) is 21.9. The lowest BCUT2D eigenvalue weighted by Crippen LogP contribution is -2.49. The number of benzene rings is 2. The third-order valence-corrected chi connectivity index (χ3v) is 5.57. The molecule has 0 aliphatic carbocycles. The van der Waals surface area contributed by atoms with Crippen molar-refractivity contribution < 1.29 is 18.7 Å². The molecule has 0 fully saturated rings. The highest BCUT2D eigenvalue weighted by atomic mass is 16.6. The molecule has 3 rings (SSSR count). The van der Waals surface area contributed by atoms with Crippen LogP contribution in [0.4, 0.5) is 16.5 Å². The van der Waals surface area contributed by atoms with Gasteiger partial charge in [0.15, 0.2) is 0 Å². The van der Waals surface area contributed by atoms with Crippen LogP contribution in [-0.2, 0) is 16.0 Å². The van der Waals surface area contributed by atoms with Gasteiger partial charge in [-0.3, -0.25) is 10.1 Å². The van der Waals surface area contributed by atoms with E-state index in [0.29, 0.717) is 23.3 Å². The number of hydrogen-bond acceptors (Lipinski definition) is 7. The first-order valence-corrected chi connectivity index (χ1v) is 11.8. The highest BCUT2D eigenvalue weighted by Gasteiger charge is 2.32. The number of anilines is 2. The van der Waals surface area contributed by atoms with Gasteiger partial charge in [0, 0.05) is 19.3 Å². The number of carbonyl (C=O) groups is 2. The molecule has 0 unspecified atom stereocenters.